The summed E-state index contributed by atoms with van der Waals surface area (Å²) in [7, 11) is 0. The summed E-state index contributed by atoms with van der Waals surface area (Å²) in [5.74, 6) is -0.00258. The Balaban J connectivity index is 0.000000225. The molecule has 0 saturated heterocycles. The number of rotatable bonds is 7. The molecule has 52 heavy (non-hydrogen) atoms. The van der Waals surface area contributed by atoms with Gasteiger partial charge in [0.1, 0.15) is 17.2 Å². The number of halogens is 1. The minimum Gasteiger partial charge on any atom is -0.423 e. The quantitative estimate of drug-likeness (QED) is 0.119. The van der Waals surface area contributed by atoms with Crippen molar-refractivity contribution in [3.63, 3.8) is 0 Å². The molecular formula is C45H41BrO6. The second kappa shape index (κ2) is 19.0. The largest absolute Gasteiger partial charge is 0.423 e. The predicted octanol–water partition coefficient (Wildman–Crippen LogP) is 11.7. The van der Waals surface area contributed by atoms with Gasteiger partial charge in [0, 0.05) is 0 Å². The molecule has 0 spiro atoms. The van der Waals surface area contributed by atoms with Crippen LogP contribution in [0.1, 0.15) is 67.2 Å². The summed E-state index contributed by atoms with van der Waals surface area (Å²) < 4.78 is 16.7. The molecule has 0 fully saturated rings. The number of carbonyl (C=O) groups is 3. The van der Waals surface area contributed by atoms with E-state index in [1.165, 1.54) is 5.56 Å². The number of benzene rings is 6. The van der Waals surface area contributed by atoms with E-state index in [4.69, 9.17) is 14.2 Å². The molecule has 6 aromatic carbocycles. The number of esters is 3. The number of hydrogen-bond donors (Lipinski definition) is 0. The van der Waals surface area contributed by atoms with Crippen LogP contribution >= 0.6 is 15.9 Å². The third-order valence-corrected chi connectivity index (χ3v) is 8.25. The van der Waals surface area contributed by atoms with Crippen LogP contribution < -0.4 is 14.2 Å². The number of ether oxygens (including phenoxy) is 3. The topological polar surface area (TPSA) is 78.9 Å². The molecule has 0 aliphatic carbocycles. The molecule has 0 aliphatic heterocycles. The molecule has 0 bridgehead atoms. The molecule has 0 saturated carbocycles. The normalized spacial score (nSPS) is 10.1. The molecule has 0 aliphatic rings. The summed E-state index contributed by atoms with van der Waals surface area (Å²) in [5.41, 5.74) is 8.17. The Bertz CT molecular complexity index is 2080. The van der Waals surface area contributed by atoms with E-state index in [1.807, 2.05) is 83.1 Å². The van der Waals surface area contributed by atoms with Crippen molar-refractivity contribution < 1.29 is 28.6 Å². The van der Waals surface area contributed by atoms with Gasteiger partial charge in [-0.15, -0.1) is 0 Å². The van der Waals surface area contributed by atoms with Crippen LogP contribution in [0, 0.1) is 27.7 Å². The number of hydrogen-bond acceptors (Lipinski definition) is 6. The summed E-state index contributed by atoms with van der Waals surface area (Å²) in [6.45, 7) is 12.0. The fraction of sp³-hybridized carbons (Fsp3) is 0.133. The van der Waals surface area contributed by atoms with E-state index in [1.54, 1.807) is 66.7 Å². The first-order chi connectivity index (χ1) is 25.0. The van der Waals surface area contributed by atoms with E-state index in [0.717, 1.165) is 27.8 Å². The van der Waals surface area contributed by atoms with Gasteiger partial charge in [-0.3, -0.25) is 0 Å². The highest BCUT2D eigenvalue weighted by Crippen LogP contribution is 2.30. The number of carbonyl (C=O) groups excluding carboxylic acids is 3. The van der Waals surface area contributed by atoms with Gasteiger partial charge >= 0.3 is 17.9 Å². The first-order valence-electron chi connectivity index (χ1n) is 16.9. The molecule has 0 radical (unpaired) electrons. The molecular weight excluding hydrogens is 716 g/mol. The van der Waals surface area contributed by atoms with E-state index in [2.05, 4.69) is 47.1 Å². The maximum Gasteiger partial charge on any atom is 0.343 e. The first-order valence-corrected chi connectivity index (χ1v) is 17.7. The molecule has 0 atom stereocenters. The number of aryl methyl sites for hydroxylation is 4. The van der Waals surface area contributed by atoms with Gasteiger partial charge in [-0.2, -0.15) is 0 Å². The van der Waals surface area contributed by atoms with Crippen LogP contribution in [0.15, 0.2) is 144 Å². The molecule has 0 amide bonds. The highest BCUT2D eigenvalue weighted by molar-refractivity contribution is 9.10. The highest BCUT2D eigenvalue weighted by Gasteiger charge is 2.14. The van der Waals surface area contributed by atoms with Crippen molar-refractivity contribution in [3.05, 3.63) is 183 Å². The summed E-state index contributed by atoms with van der Waals surface area (Å²) >= 11 is 3.35. The Kier molecular flexibility index (Phi) is 14.2. The van der Waals surface area contributed by atoms with E-state index in [0.29, 0.717) is 38.4 Å². The van der Waals surface area contributed by atoms with Crippen LogP contribution in [0.4, 0.5) is 0 Å². The van der Waals surface area contributed by atoms with E-state index >= 15 is 0 Å². The Labute approximate surface area is 314 Å². The van der Waals surface area contributed by atoms with Crippen molar-refractivity contribution in [2.45, 2.75) is 41.5 Å². The Hall–Kier alpha value is -5.79. The lowest BCUT2D eigenvalue weighted by molar-refractivity contribution is 0.0718. The summed E-state index contributed by atoms with van der Waals surface area (Å²) in [6, 6.07) is 42.2. The summed E-state index contributed by atoms with van der Waals surface area (Å²) in [4.78, 5) is 36.6. The van der Waals surface area contributed by atoms with Crippen LogP contribution in [0.2, 0.25) is 0 Å². The Morgan fingerprint density at radius 2 is 0.712 bits per heavy atom. The third-order valence-electron chi connectivity index (χ3n) is 7.63. The second-order valence-corrected chi connectivity index (χ2v) is 12.6. The third kappa shape index (κ3) is 11.4. The lowest BCUT2D eigenvalue weighted by Crippen LogP contribution is -2.10. The smallest absolute Gasteiger partial charge is 0.343 e. The lowest BCUT2D eigenvalue weighted by atomic mass is 10.0. The second-order valence-electron chi connectivity index (χ2n) is 11.7. The Morgan fingerprint density at radius 1 is 0.404 bits per heavy atom. The van der Waals surface area contributed by atoms with Gasteiger partial charge in [-0.05, 0) is 121 Å². The van der Waals surface area contributed by atoms with E-state index < -0.39 is 11.9 Å². The zero-order valence-corrected chi connectivity index (χ0v) is 31.7. The molecule has 6 aromatic rings. The zero-order chi connectivity index (χ0) is 37.6. The average molecular weight is 758 g/mol. The Morgan fingerprint density at radius 3 is 1.13 bits per heavy atom. The zero-order valence-electron chi connectivity index (χ0n) is 30.1. The average Bonchev–Trinajstić information content (AvgIpc) is 3.15. The van der Waals surface area contributed by atoms with Crippen LogP contribution in [-0.2, 0) is 0 Å². The van der Waals surface area contributed by atoms with Crippen molar-refractivity contribution in [1.29, 1.82) is 0 Å². The molecule has 6 nitrogen and oxygen atoms in total. The maximum absolute atomic E-state index is 12.2. The SMILES string of the molecule is CC.Cc1ccc(C(=O)Oc2ccc(OC(=O)c3ccc(C)cc3)c(Br)c2)cc1.Cc1ccc(OC(=O)c2ccc(-c3ccc(C)cc3)cc2)cc1. The molecule has 7 heteroatoms. The maximum atomic E-state index is 12.2. The van der Waals surface area contributed by atoms with Gasteiger partial charge in [0.2, 0.25) is 0 Å². The fourth-order valence-electron chi connectivity index (χ4n) is 4.65. The fourth-order valence-corrected chi connectivity index (χ4v) is 5.09. The van der Waals surface area contributed by atoms with Crippen LogP contribution in [0.3, 0.4) is 0 Å². The lowest BCUT2D eigenvalue weighted by Gasteiger charge is -2.09. The van der Waals surface area contributed by atoms with Gasteiger partial charge < -0.3 is 14.2 Å². The van der Waals surface area contributed by atoms with Gasteiger partial charge in [0.15, 0.2) is 0 Å². The monoisotopic (exact) mass is 756 g/mol. The van der Waals surface area contributed by atoms with Gasteiger partial charge in [0.05, 0.1) is 21.2 Å². The van der Waals surface area contributed by atoms with Crippen LogP contribution in [0.5, 0.6) is 17.2 Å². The van der Waals surface area contributed by atoms with Crippen molar-refractivity contribution in [2.24, 2.45) is 0 Å². The van der Waals surface area contributed by atoms with Crippen molar-refractivity contribution in [2.75, 3.05) is 0 Å². The highest BCUT2D eigenvalue weighted by atomic mass is 79.9. The molecule has 6 rings (SSSR count). The minimum absolute atomic E-state index is 0.343. The van der Waals surface area contributed by atoms with Crippen LogP contribution in [-0.4, -0.2) is 17.9 Å². The molecule has 0 N–H and O–H groups in total. The predicted molar refractivity (Wildman–Crippen MR) is 211 cm³/mol. The van der Waals surface area contributed by atoms with E-state index in [-0.39, 0.29) is 5.97 Å². The van der Waals surface area contributed by atoms with Crippen molar-refractivity contribution >= 4 is 33.8 Å². The van der Waals surface area contributed by atoms with Gasteiger partial charge in [0.25, 0.3) is 0 Å². The minimum atomic E-state index is -0.458. The molecule has 0 heterocycles. The van der Waals surface area contributed by atoms with Crippen molar-refractivity contribution in [3.8, 4) is 28.4 Å². The van der Waals surface area contributed by atoms with Crippen LogP contribution in [0.25, 0.3) is 11.1 Å². The van der Waals surface area contributed by atoms with E-state index in [9.17, 15) is 14.4 Å². The summed E-state index contributed by atoms with van der Waals surface area (Å²) in [5, 5.41) is 0. The standard InChI is InChI=1S/C22H17BrO4.C21H18O2.C2H6/c1-14-3-7-16(8-4-14)21(24)26-18-11-12-20(19(23)13-18)27-22(25)17-9-5-15(2)6-10-17;1-15-3-7-17(8-4-15)18-9-11-19(12-10-18)21(22)23-20-13-5-16(2)6-14-20;1-2/h3-13H,1-2H3;3-14H,1-2H3;1-2H3. The molecule has 0 aromatic heterocycles. The summed E-state index contributed by atoms with van der Waals surface area (Å²) in [6.07, 6.45) is 0. The molecule has 0 unspecified atom stereocenters. The van der Waals surface area contributed by atoms with Gasteiger partial charge in [-0.25, -0.2) is 14.4 Å². The van der Waals surface area contributed by atoms with Crippen molar-refractivity contribution in [1.82, 2.24) is 0 Å². The molecule has 264 valence electrons. The first kappa shape index (κ1) is 39.0. The van der Waals surface area contributed by atoms with Gasteiger partial charge in [-0.1, -0.05) is 109 Å².